The third-order valence-electron chi connectivity index (χ3n) is 5.28. The standard InChI is InChI=1S/C18H27N3O3S/c1-21(16-5-3-2-4-6-16)25(23,24)17-9-7-14(8-10-17)18(22)20-15-11-12-19-13-15/h7-10,15-16,19H,2-6,11-13H2,1H3,(H,20,22). The van der Waals surface area contributed by atoms with E-state index in [1.807, 2.05) is 0 Å². The predicted molar refractivity (Wildman–Crippen MR) is 97.0 cm³/mol. The van der Waals surface area contributed by atoms with Gasteiger partial charge in [-0.25, -0.2) is 8.42 Å². The van der Waals surface area contributed by atoms with Crippen molar-refractivity contribution in [1.29, 1.82) is 0 Å². The summed E-state index contributed by atoms with van der Waals surface area (Å²) in [7, 11) is -1.85. The topological polar surface area (TPSA) is 78.5 Å². The van der Waals surface area contributed by atoms with Gasteiger partial charge in [0.15, 0.2) is 0 Å². The van der Waals surface area contributed by atoms with Crippen LogP contribution in [-0.2, 0) is 10.0 Å². The third-order valence-corrected chi connectivity index (χ3v) is 7.20. The highest BCUT2D eigenvalue weighted by atomic mass is 32.2. The number of sulfonamides is 1. The van der Waals surface area contributed by atoms with Crippen molar-refractivity contribution in [1.82, 2.24) is 14.9 Å². The molecule has 0 radical (unpaired) electrons. The fourth-order valence-electron chi connectivity index (χ4n) is 3.63. The molecule has 0 bridgehead atoms. The van der Waals surface area contributed by atoms with Crippen LogP contribution in [0.3, 0.4) is 0 Å². The fraction of sp³-hybridized carbons (Fsp3) is 0.611. The first-order valence-corrected chi connectivity index (χ1v) is 10.5. The fourth-order valence-corrected chi connectivity index (χ4v) is 5.05. The van der Waals surface area contributed by atoms with Gasteiger partial charge in [-0.1, -0.05) is 19.3 Å². The molecule has 1 aliphatic carbocycles. The molecule has 2 N–H and O–H groups in total. The summed E-state index contributed by atoms with van der Waals surface area (Å²) in [5.74, 6) is -0.154. The Morgan fingerprint density at radius 3 is 2.40 bits per heavy atom. The van der Waals surface area contributed by atoms with Crippen LogP contribution in [0.2, 0.25) is 0 Å². The molecule has 0 spiro atoms. The molecule has 6 nitrogen and oxygen atoms in total. The maximum absolute atomic E-state index is 12.8. The Kier molecular flexibility index (Phi) is 5.76. The number of nitrogens with zero attached hydrogens (tertiary/aromatic N) is 1. The molecule has 1 aromatic rings. The van der Waals surface area contributed by atoms with Crippen molar-refractivity contribution >= 4 is 15.9 Å². The molecule has 1 saturated carbocycles. The molecule has 1 aromatic carbocycles. The van der Waals surface area contributed by atoms with Crippen molar-refractivity contribution in [3.05, 3.63) is 29.8 Å². The minimum Gasteiger partial charge on any atom is -0.348 e. The number of benzene rings is 1. The van der Waals surface area contributed by atoms with Crippen molar-refractivity contribution < 1.29 is 13.2 Å². The molecule has 1 saturated heterocycles. The molecule has 1 heterocycles. The van der Waals surface area contributed by atoms with E-state index in [1.165, 1.54) is 22.9 Å². The van der Waals surface area contributed by atoms with Gasteiger partial charge in [-0.05, 0) is 50.1 Å². The van der Waals surface area contributed by atoms with Crippen molar-refractivity contribution in [2.75, 3.05) is 20.1 Å². The molecule has 1 amide bonds. The lowest BCUT2D eigenvalue weighted by atomic mass is 9.96. The second-order valence-corrected chi connectivity index (χ2v) is 9.00. The van der Waals surface area contributed by atoms with E-state index in [0.717, 1.165) is 45.2 Å². The number of carbonyl (C=O) groups is 1. The van der Waals surface area contributed by atoms with Crippen LogP contribution < -0.4 is 10.6 Å². The minimum atomic E-state index is -3.51. The molecule has 138 valence electrons. The van der Waals surface area contributed by atoms with Crippen LogP contribution in [0.15, 0.2) is 29.2 Å². The SMILES string of the molecule is CN(C1CCCCC1)S(=O)(=O)c1ccc(C(=O)NC2CCNC2)cc1. The molecule has 1 aliphatic heterocycles. The average molecular weight is 365 g/mol. The lowest BCUT2D eigenvalue weighted by Crippen LogP contribution is -2.38. The lowest BCUT2D eigenvalue weighted by molar-refractivity contribution is 0.0940. The summed E-state index contributed by atoms with van der Waals surface area (Å²) in [6, 6.07) is 6.50. The van der Waals surface area contributed by atoms with Crippen LogP contribution in [-0.4, -0.2) is 50.9 Å². The van der Waals surface area contributed by atoms with Crippen LogP contribution >= 0.6 is 0 Å². The molecule has 3 rings (SSSR count). The maximum Gasteiger partial charge on any atom is 0.251 e. The van der Waals surface area contributed by atoms with E-state index >= 15 is 0 Å². The molecule has 1 atom stereocenters. The summed E-state index contributed by atoms with van der Waals surface area (Å²) in [6.45, 7) is 1.69. The van der Waals surface area contributed by atoms with Gasteiger partial charge in [-0.15, -0.1) is 0 Å². The van der Waals surface area contributed by atoms with Crippen LogP contribution in [0, 0.1) is 0 Å². The van der Waals surface area contributed by atoms with E-state index < -0.39 is 10.0 Å². The van der Waals surface area contributed by atoms with Gasteiger partial charge in [0.05, 0.1) is 4.90 Å². The zero-order valence-corrected chi connectivity index (χ0v) is 15.5. The van der Waals surface area contributed by atoms with E-state index in [1.54, 1.807) is 19.2 Å². The molecule has 2 fully saturated rings. The second-order valence-electron chi connectivity index (χ2n) is 7.00. The van der Waals surface area contributed by atoms with Crippen LogP contribution in [0.1, 0.15) is 48.9 Å². The zero-order chi connectivity index (χ0) is 17.9. The lowest BCUT2D eigenvalue weighted by Gasteiger charge is -2.30. The van der Waals surface area contributed by atoms with Crippen molar-refractivity contribution in [3.63, 3.8) is 0 Å². The first-order valence-electron chi connectivity index (χ1n) is 9.08. The van der Waals surface area contributed by atoms with Crippen LogP contribution in [0.5, 0.6) is 0 Å². The van der Waals surface area contributed by atoms with Crippen molar-refractivity contribution in [2.45, 2.75) is 55.5 Å². The normalized spacial score (nSPS) is 22.2. The minimum absolute atomic E-state index is 0.0802. The summed E-state index contributed by atoms with van der Waals surface area (Å²) < 4.78 is 27.1. The largest absolute Gasteiger partial charge is 0.348 e. The molecule has 25 heavy (non-hydrogen) atoms. The smallest absolute Gasteiger partial charge is 0.251 e. The summed E-state index contributed by atoms with van der Waals surface area (Å²) in [5.41, 5.74) is 0.492. The predicted octanol–water partition coefficient (Wildman–Crippen LogP) is 1.73. The summed E-state index contributed by atoms with van der Waals surface area (Å²) in [6.07, 6.45) is 6.12. The number of carbonyl (C=O) groups excluding carboxylic acids is 1. The van der Waals surface area contributed by atoms with Crippen LogP contribution in [0.25, 0.3) is 0 Å². The average Bonchev–Trinajstić information content (AvgIpc) is 3.15. The second kappa shape index (κ2) is 7.85. The number of hydrogen-bond donors (Lipinski definition) is 2. The number of amides is 1. The Hall–Kier alpha value is -1.44. The highest BCUT2D eigenvalue weighted by molar-refractivity contribution is 7.89. The van der Waals surface area contributed by atoms with E-state index in [-0.39, 0.29) is 22.9 Å². The van der Waals surface area contributed by atoms with Gasteiger partial charge in [0.25, 0.3) is 5.91 Å². The Morgan fingerprint density at radius 1 is 1.12 bits per heavy atom. The van der Waals surface area contributed by atoms with E-state index in [0.29, 0.717) is 5.56 Å². The van der Waals surface area contributed by atoms with Crippen molar-refractivity contribution in [2.24, 2.45) is 0 Å². The third kappa shape index (κ3) is 4.22. The van der Waals surface area contributed by atoms with Gasteiger partial charge in [-0.2, -0.15) is 4.31 Å². The first kappa shape index (κ1) is 18.4. The summed E-state index contributed by atoms with van der Waals surface area (Å²) >= 11 is 0. The van der Waals surface area contributed by atoms with E-state index in [4.69, 9.17) is 0 Å². The first-order chi connectivity index (χ1) is 12.0. The number of hydrogen-bond acceptors (Lipinski definition) is 4. The Labute approximate surface area is 150 Å². The molecule has 2 aliphatic rings. The maximum atomic E-state index is 12.8. The monoisotopic (exact) mass is 365 g/mol. The highest BCUT2D eigenvalue weighted by Gasteiger charge is 2.29. The Morgan fingerprint density at radius 2 is 1.80 bits per heavy atom. The van der Waals surface area contributed by atoms with Gasteiger partial charge in [-0.3, -0.25) is 4.79 Å². The molecule has 7 heteroatoms. The van der Waals surface area contributed by atoms with E-state index in [2.05, 4.69) is 10.6 Å². The van der Waals surface area contributed by atoms with Gasteiger partial charge in [0, 0.05) is 31.2 Å². The molecule has 0 aromatic heterocycles. The summed E-state index contributed by atoms with van der Waals surface area (Å²) in [5, 5.41) is 6.17. The van der Waals surface area contributed by atoms with Crippen LogP contribution in [0.4, 0.5) is 0 Å². The Bertz CT molecular complexity index is 691. The van der Waals surface area contributed by atoms with E-state index in [9.17, 15) is 13.2 Å². The van der Waals surface area contributed by atoms with Gasteiger partial charge < -0.3 is 10.6 Å². The van der Waals surface area contributed by atoms with Crippen molar-refractivity contribution in [3.8, 4) is 0 Å². The molecular weight excluding hydrogens is 338 g/mol. The van der Waals surface area contributed by atoms with Gasteiger partial charge in [0.1, 0.15) is 0 Å². The Balaban J connectivity index is 1.68. The zero-order valence-electron chi connectivity index (χ0n) is 14.7. The van der Waals surface area contributed by atoms with Gasteiger partial charge in [0.2, 0.25) is 10.0 Å². The highest BCUT2D eigenvalue weighted by Crippen LogP contribution is 2.26. The quantitative estimate of drug-likeness (QED) is 0.833. The summed E-state index contributed by atoms with van der Waals surface area (Å²) in [4.78, 5) is 12.5. The number of rotatable bonds is 5. The molecule has 1 unspecified atom stereocenters. The number of nitrogens with one attached hydrogen (secondary N) is 2. The van der Waals surface area contributed by atoms with Gasteiger partial charge >= 0.3 is 0 Å². The molecular formula is C18H27N3O3S.